The van der Waals surface area contributed by atoms with Gasteiger partial charge in [-0.3, -0.25) is 0 Å². The van der Waals surface area contributed by atoms with Gasteiger partial charge in [0, 0.05) is 5.92 Å². The summed E-state index contributed by atoms with van der Waals surface area (Å²) in [6.07, 6.45) is -3.75. The molecule has 1 aromatic heterocycles. The lowest BCUT2D eigenvalue weighted by Gasteiger charge is -2.18. The minimum Gasteiger partial charge on any atom is -0.339 e. The normalized spacial score (nSPS) is 18.9. The Morgan fingerprint density at radius 2 is 2.00 bits per heavy atom. The zero-order valence-corrected chi connectivity index (χ0v) is 8.55. The first kappa shape index (κ1) is 11.4. The molecule has 0 spiro atoms. The van der Waals surface area contributed by atoms with E-state index in [2.05, 4.69) is 15.5 Å². The summed E-state index contributed by atoms with van der Waals surface area (Å²) in [5.41, 5.74) is 0. The molecule has 7 heteroatoms. The zero-order chi connectivity index (χ0) is 11.6. The molecule has 2 rings (SSSR count). The van der Waals surface area contributed by atoms with Gasteiger partial charge in [-0.15, -0.1) is 0 Å². The maximum atomic E-state index is 12.1. The number of aromatic nitrogens is 2. The lowest BCUT2D eigenvalue weighted by atomic mass is 9.98. The third-order valence-electron chi connectivity index (χ3n) is 2.53. The fraction of sp³-hybridized carbons (Fsp3) is 0.778. The first-order chi connectivity index (χ1) is 7.54. The number of rotatable bonds is 2. The molecule has 1 saturated heterocycles. The summed E-state index contributed by atoms with van der Waals surface area (Å²) in [7, 11) is 0. The summed E-state index contributed by atoms with van der Waals surface area (Å²) >= 11 is 0. The fourth-order valence-electron chi connectivity index (χ4n) is 1.75. The number of nitrogens with zero attached hydrogens (tertiary/aromatic N) is 2. The number of halogens is 3. The van der Waals surface area contributed by atoms with Crippen molar-refractivity contribution in [1.29, 1.82) is 0 Å². The Balaban J connectivity index is 2.01. The van der Waals surface area contributed by atoms with Crippen LogP contribution in [0, 0.1) is 0 Å². The van der Waals surface area contributed by atoms with Crippen LogP contribution >= 0.6 is 0 Å². The highest BCUT2D eigenvalue weighted by Gasteiger charge is 2.31. The monoisotopic (exact) mass is 235 g/mol. The average Bonchev–Trinajstić information content (AvgIpc) is 2.65. The Morgan fingerprint density at radius 3 is 2.62 bits per heavy atom. The van der Waals surface area contributed by atoms with Crippen LogP contribution in [-0.4, -0.2) is 29.4 Å². The van der Waals surface area contributed by atoms with E-state index < -0.39 is 12.6 Å². The molecule has 0 atom stereocenters. The largest absolute Gasteiger partial charge is 0.396 e. The SMILES string of the molecule is FC(F)(F)Cc1noc(C2CCNCC2)n1. The van der Waals surface area contributed by atoms with Crippen LogP contribution in [0.1, 0.15) is 30.5 Å². The van der Waals surface area contributed by atoms with E-state index in [1.54, 1.807) is 0 Å². The predicted molar refractivity (Wildman–Crippen MR) is 48.9 cm³/mol. The lowest BCUT2D eigenvalue weighted by molar-refractivity contribution is -0.128. The van der Waals surface area contributed by atoms with Crippen molar-refractivity contribution in [3.8, 4) is 0 Å². The zero-order valence-electron chi connectivity index (χ0n) is 8.55. The van der Waals surface area contributed by atoms with Crippen molar-refractivity contribution in [3.63, 3.8) is 0 Å². The molecule has 90 valence electrons. The topological polar surface area (TPSA) is 51.0 Å². The molecule has 0 saturated carbocycles. The average molecular weight is 235 g/mol. The molecular weight excluding hydrogens is 223 g/mol. The first-order valence-corrected chi connectivity index (χ1v) is 5.14. The van der Waals surface area contributed by atoms with Gasteiger partial charge in [0.2, 0.25) is 5.89 Å². The molecule has 0 unspecified atom stereocenters. The summed E-state index contributed by atoms with van der Waals surface area (Å²) in [6.45, 7) is 1.67. The van der Waals surface area contributed by atoms with Crippen molar-refractivity contribution in [2.24, 2.45) is 0 Å². The lowest BCUT2D eigenvalue weighted by Crippen LogP contribution is -2.26. The Kier molecular flexibility index (Phi) is 3.13. The van der Waals surface area contributed by atoms with Crippen LogP contribution in [0.5, 0.6) is 0 Å². The van der Waals surface area contributed by atoms with E-state index in [1.807, 2.05) is 0 Å². The van der Waals surface area contributed by atoms with Crippen molar-refractivity contribution >= 4 is 0 Å². The van der Waals surface area contributed by atoms with Gasteiger partial charge in [-0.05, 0) is 25.9 Å². The molecule has 1 N–H and O–H groups in total. The second-order valence-electron chi connectivity index (χ2n) is 3.87. The van der Waals surface area contributed by atoms with Crippen LogP contribution in [0.25, 0.3) is 0 Å². The van der Waals surface area contributed by atoms with E-state index in [0.29, 0.717) is 5.89 Å². The van der Waals surface area contributed by atoms with Crippen molar-refractivity contribution in [2.75, 3.05) is 13.1 Å². The molecule has 0 radical (unpaired) electrons. The number of hydrogen-bond donors (Lipinski definition) is 1. The van der Waals surface area contributed by atoms with E-state index >= 15 is 0 Å². The van der Waals surface area contributed by atoms with Crippen LogP contribution in [0.15, 0.2) is 4.52 Å². The molecule has 0 aliphatic carbocycles. The summed E-state index contributed by atoms with van der Waals surface area (Å²) in [4.78, 5) is 3.79. The van der Waals surface area contributed by atoms with Gasteiger partial charge < -0.3 is 9.84 Å². The van der Waals surface area contributed by atoms with Crippen molar-refractivity contribution in [3.05, 3.63) is 11.7 Å². The summed E-state index contributed by atoms with van der Waals surface area (Å²) in [5, 5.41) is 6.51. The highest BCUT2D eigenvalue weighted by atomic mass is 19.4. The molecule has 2 heterocycles. The van der Waals surface area contributed by atoms with Crippen LogP contribution in [-0.2, 0) is 6.42 Å². The molecule has 0 amide bonds. The molecule has 16 heavy (non-hydrogen) atoms. The van der Waals surface area contributed by atoms with Gasteiger partial charge in [0.1, 0.15) is 6.42 Å². The van der Waals surface area contributed by atoms with E-state index in [-0.39, 0.29) is 11.7 Å². The Hall–Kier alpha value is -1.11. The Labute approximate surface area is 90.2 Å². The molecule has 1 aliphatic rings. The quantitative estimate of drug-likeness (QED) is 0.846. The van der Waals surface area contributed by atoms with E-state index in [9.17, 15) is 13.2 Å². The smallest absolute Gasteiger partial charge is 0.339 e. The molecule has 4 nitrogen and oxygen atoms in total. The number of alkyl halides is 3. The van der Waals surface area contributed by atoms with Gasteiger partial charge in [-0.1, -0.05) is 5.16 Å². The minimum absolute atomic E-state index is 0.0933. The molecule has 1 aromatic rings. The highest BCUT2D eigenvalue weighted by molar-refractivity contribution is 4.97. The summed E-state index contributed by atoms with van der Waals surface area (Å²) in [6, 6.07) is 0. The van der Waals surface area contributed by atoms with E-state index in [1.165, 1.54) is 0 Å². The van der Waals surface area contributed by atoms with Crippen molar-refractivity contribution < 1.29 is 17.7 Å². The van der Waals surface area contributed by atoms with Crippen LogP contribution in [0.2, 0.25) is 0 Å². The summed E-state index contributed by atoms with van der Waals surface area (Å²) < 4.78 is 41.0. The molecule has 1 aliphatic heterocycles. The van der Waals surface area contributed by atoms with Gasteiger partial charge in [0.25, 0.3) is 0 Å². The van der Waals surface area contributed by atoms with Gasteiger partial charge in [-0.25, -0.2) is 0 Å². The Bertz CT molecular complexity index is 344. The van der Waals surface area contributed by atoms with Gasteiger partial charge in [0.05, 0.1) is 0 Å². The fourth-order valence-corrected chi connectivity index (χ4v) is 1.75. The van der Waals surface area contributed by atoms with Crippen LogP contribution < -0.4 is 5.32 Å². The first-order valence-electron chi connectivity index (χ1n) is 5.14. The van der Waals surface area contributed by atoms with Crippen molar-refractivity contribution in [2.45, 2.75) is 31.4 Å². The maximum Gasteiger partial charge on any atom is 0.396 e. The van der Waals surface area contributed by atoms with Crippen molar-refractivity contribution in [1.82, 2.24) is 15.5 Å². The second-order valence-corrected chi connectivity index (χ2v) is 3.87. The van der Waals surface area contributed by atoms with E-state index in [0.717, 1.165) is 25.9 Å². The van der Waals surface area contributed by atoms with Crippen LogP contribution in [0.3, 0.4) is 0 Å². The van der Waals surface area contributed by atoms with Crippen LogP contribution in [0.4, 0.5) is 13.2 Å². The Morgan fingerprint density at radius 1 is 1.31 bits per heavy atom. The highest BCUT2D eigenvalue weighted by Crippen LogP contribution is 2.25. The standard InChI is InChI=1S/C9H12F3N3O/c10-9(11,12)5-7-14-8(16-15-7)6-1-3-13-4-2-6/h6,13H,1-5H2. The molecule has 0 aromatic carbocycles. The van der Waals surface area contributed by atoms with E-state index in [4.69, 9.17) is 4.52 Å². The minimum atomic E-state index is -4.28. The summed E-state index contributed by atoms with van der Waals surface area (Å²) in [5.74, 6) is 0.150. The third kappa shape index (κ3) is 2.94. The van der Waals surface area contributed by atoms with Gasteiger partial charge in [0.15, 0.2) is 5.82 Å². The maximum absolute atomic E-state index is 12.1. The second kappa shape index (κ2) is 4.40. The number of piperidine rings is 1. The predicted octanol–water partition coefficient (Wildman–Crippen LogP) is 1.64. The third-order valence-corrected chi connectivity index (χ3v) is 2.53. The number of hydrogen-bond acceptors (Lipinski definition) is 4. The van der Waals surface area contributed by atoms with Gasteiger partial charge >= 0.3 is 6.18 Å². The molecule has 0 bridgehead atoms. The molecule has 1 fully saturated rings. The van der Waals surface area contributed by atoms with Gasteiger partial charge in [-0.2, -0.15) is 18.2 Å². The number of nitrogens with one attached hydrogen (secondary N) is 1. The molecular formula is C9H12F3N3O.